The minimum Gasteiger partial charge on any atom is -0.295 e. The van der Waals surface area contributed by atoms with E-state index in [1.165, 1.54) is 0 Å². The summed E-state index contributed by atoms with van der Waals surface area (Å²) in [6.45, 7) is 1.87. The third-order valence-corrected chi connectivity index (χ3v) is 2.37. The van der Waals surface area contributed by atoms with Crippen molar-refractivity contribution >= 4 is 23.5 Å². The van der Waals surface area contributed by atoms with Crippen molar-refractivity contribution in [3.8, 4) is 0 Å². The second-order valence-electron chi connectivity index (χ2n) is 3.30. The summed E-state index contributed by atoms with van der Waals surface area (Å²) >= 11 is 5.67. The van der Waals surface area contributed by atoms with E-state index in [1.807, 2.05) is 43.3 Å². The van der Waals surface area contributed by atoms with Crippen LogP contribution in [-0.4, -0.2) is 11.7 Å². The molecule has 15 heavy (non-hydrogen) atoms. The first-order chi connectivity index (χ1) is 7.27. The number of halogens is 1. The van der Waals surface area contributed by atoms with Gasteiger partial charge in [0.2, 0.25) is 0 Å². The summed E-state index contributed by atoms with van der Waals surface area (Å²) in [4.78, 5) is 11.6. The zero-order chi connectivity index (χ0) is 11.1. The van der Waals surface area contributed by atoms with Crippen LogP contribution in [-0.2, 0) is 4.79 Å². The van der Waals surface area contributed by atoms with Crippen LogP contribution in [0.5, 0.6) is 0 Å². The Morgan fingerprint density at radius 2 is 2.00 bits per heavy atom. The van der Waals surface area contributed by atoms with Crippen molar-refractivity contribution in [3.05, 3.63) is 41.5 Å². The van der Waals surface area contributed by atoms with Crippen molar-refractivity contribution in [1.82, 2.24) is 0 Å². The van der Waals surface area contributed by atoms with Gasteiger partial charge in [0.25, 0.3) is 0 Å². The van der Waals surface area contributed by atoms with E-state index in [0.717, 1.165) is 11.1 Å². The second kappa shape index (κ2) is 6.41. The van der Waals surface area contributed by atoms with Crippen LogP contribution in [0.3, 0.4) is 0 Å². The molecule has 2 heteroatoms. The Bertz CT molecular complexity index is 341. The maximum atomic E-state index is 11.6. The highest BCUT2D eigenvalue weighted by atomic mass is 35.5. The fourth-order valence-corrected chi connectivity index (χ4v) is 1.57. The number of hydrogen-bond donors (Lipinski definition) is 0. The van der Waals surface area contributed by atoms with Gasteiger partial charge in [0.1, 0.15) is 0 Å². The summed E-state index contributed by atoms with van der Waals surface area (Å²) in [5, 5.41) is 0. The Balaban J connectivity index is 2.88. The van der Waals surface area contributed by atoms with E-state index in [4.69, 9.17) is 11.6 Å². The minimum atomic E-state index is 0.180. The number of allylic oxidation sites excluding steroid dienone is 1. The molecule has 0 amide bonds. The maximum Gasteiger partial charge on any atom is 0.158 e. The molecule has 0 aliphatic heterocycles. The van der Waals surface area contributed by atoms with Crippen LogP contribution >= 0.6 is 11.6 Å². The largest absolute Gasteiger partial charge is 0.295 e. The number of rotatable bonds is 5. The zero-order valence-corrected chi connectivity index (χ0v) is 9.63. The molecule has 0 saturated carbocycles. The third kappa shape index (κ3) is 3.88. The van der Waals surface area contributed by atoms with Crippen LogP contribution in [0, 0.1) is 0 Å². The van der Waals surface area contributed by atoms with Gasteiger partial charge in [-0.15, -0.1) is 11.6 Å². The lowest BCUT2D eigenvalue weighted by Crippen LogP contribution is -2.01. The van der Waals surface area contributed by atoms with E-state index in [9.17, 15) is 4.79 Å². The highest BCUT2D eigenvalue weighted by Crippen LogP contribution is 2.13. The Labute approximate surface area is 95.8 Å². The summed E-state index contributed by atoms with van der Waals surface area (Å²) < 4.78 is 0. The summed E-state index contributed by atoms with van der Waals surface area (Å²) in [5.74, 6) is 0.671. The van der Waals surface area contributed by atoms with Gasteiger partial charge in [-0.25, -0.2) is 0 Å². The maximum absolute atomic E-state index is 11.6. The molecule has 80 valence electrons. The fourth-order valence-electron chi connectivity index (χ4n) is 1.37. The average Bonchev–Trinajstić information content (AvgIpc) is 2.29. The van der Waals surface area contributed by atoms with Gasteiger partial charge in [-0.2, -0.15) is 0 Å². The molecule has 0 saturated heterocycles. The van der Waals surface area contributed by atoms with E-state index in [2.05, 4.69) is 0 Å². The standard InChI is InChI=1S/C13H15ClO/c1-2-13(15)12(8-9-14)10-11-6-4-3-5-7-11/h3-7,10H,2,8-9H2,1H3/b12-10+. The molecule has 0 N–H and O–H groups in total. The van der Waals surface area contributed by atoms with Crippen molar-refractivity contribution in [1.29, 1.82) is 0 Å². The molecule has 0 aliphatic carbocycles. The van der Waals surface area contributed by atoms with Gasteiger partial charge in [0.05, 0.1) is 0 Å². The van der Waals surface area contributed by atoms with Crippen molar-refractivity contribution in [2.45, 2.75) is 19.8 Å². The quantitative estimate of drug-likeness (QED) is 0.549. The molecule has 0 radical (unpaired) electrons. The molecule has 0 bridgehead atoms. The first-order valence-electron chi connectivity index (χ1n) is 5.12. The first-order valence-corrected chi connectivity index (χ1v) is 5.66. The predicted molar refractivity (Wildman–Crippen MR) is 65.1 cm³/mol. The lowest BCUT2D eigenvalue weighted by molar-refractivity contribution is -0.115. The summed E-state index contributed by atoms with van der Waals surface area (Å²) in [6.07, 6.45) is 3.10. The molecule has 0 heterocycles. The monoisotopic (exact) mass is 222 g/mol. The van der Waals surface area contributed by atoms with Gasteiger partial charge in [0.15, 0.2) is 5.78 Å². The molecule has 0 spiro atoms. The van der Waals surface area contributed by atoms with Gasteiger partial charge >= 0.3 is 0 Å². The molecule has 1 aromatic carbocycles. The molecule has 0 unspecified atom stereocenters. The van der Waals surface area contributed by atoms with Crippen LogP contribution < -0.4 is 0 Å². The van der Waals surface area contributed by atoms with E-state index in [1.54, 1.807) is 0 Å². The van der Waals surface area contributed by atoms with Gasteiger partial charge in [-0.3, -0.25) is 4.79 Å². The van der Waals surface area contributed by atoms with Crippen LogP contribution in [0.4, 0.5) is 0 Å². The Morgan fingerprint density at radius 3 is 2.53 bits per heavy atom. The highest BCUT2D eigenvalue weighted by molar-refractivity contribution is 6.18. The van der Waals surface area contributed by atoms with Gasteiger partial charge < -0.3 is 0 Å². The summed E-state index contributed by atoms with van der Waals surface area (Å²) in [7, 11) is 0. The molecule has 0 aliphatic rings. The Morgan fingerprint density at radius 1 is 1.33 bits per heavy atom. The normalized spacial score (nSPS) is 11.5. The molecular formula is C13H15ClO. The lowest BCUT2D eigenvalue weighted by Gasteiger charge is -2.02. The van der Waals surface area contributed by atoms with Crippen molar-refractivity contribution in [3.63, 3.8) is 0 Å². The summed E-state index contributed by atoms with van der Waals surface area (Å²) in [5.41, 5.74) is 1.87. The topological polar surface area (TPSA) is 17.1 Å². The van der Waals surface area contributed by atoms with E-state index < -0.39 is 0 Å². The Kier molecular flexibility index (Phi) is 5.13. The highest BCUT2D eigenvalue weighted by Gasteiger charge is 2.06. The van der Waals surface area contributed by atoms with Crippen molar-refractivity contribution in [2.24, 2.45) is 0 Å². The SMILES string of the molecule is CCC(=O)/C(=C/c1ccccc1)CCCl. The number of Topliss-reactive ketones (excluding diaryl/α,β-unsaturated/α-hetero) is 1. The molecule has 0 aromatic heterocycles. The van der Waals surface area contributed by atoms with Crippen LogP contribution in [0.15, 0.2) is 35.9 Å². The van der Waals surface area contributed by atoms with Gasteiger partial charge in [0, 0.05) is 12.3 Å². The predicted octanol–water partition coefficient (Wildman–Crippen LogP) is 3.68. The number of benzene rings is 1. The Hall–Kier alpha value is -1.08. The molecule has 0 fully saturated rings. The zero-order valence-electron chi connectivity index (χ0n) is 8.87. The number of carbonyl (C=O) groups is 1. The van der Waals surface area contributed by atoms with Crippen molar-refractivity contribution in [2.75, 3.05) is 5.88 Å². The number of alkyl halides is 1. The average molecular weight is 223 g/mol. The van der Waals surface area contributed by atoms with E-state index in [-0.39, 0.29) is 5.78 Å². The number of hydrogen-bond acceptors (Lipinski definition) is 1. The summed E-state index contributed by atoms with van der Waals surface area (Å²) in [6, 6.07) is 9.84. The van der Waals surface area contributed by atoms with Gasteiger partial charge in [-0.1, -0.05) is 37.3 Å². The van der Waals surface area contributed by atoms with Crippen molar-refractivity contribution < 1.29 is 4.79 Å². The molecular weight excluding hydrogens is 208 g/mol. The van der Waals surface area contributed by atoms with E-state index >= 15 is 0 Å². The molecule has 1 aromatic rings. The van der Waals surface area contributed by atoms with Gasteiger partial charge in [-0.05, 0) is 23.6 Å². The third-order valence-electron chi connectivity index (χ3n) is 2.18. The molecule has 1 rings (SSSR count). The van der Waals surface area contributed by atoms with Crippen LogP contribution in [0.2, 0.25) is 0 Å². The lowest BCUT2D eigenvalue weighted by atomic mass is 10.0. The number of carbonyl (C=O) groups excluding carboxylic acids is 1. The number of ketones is 1. The second-order valence-corrected chi connectivity index (χ2v) is 3.67. The smallest absolute Gasteiger partial charge is 0.158 e. The van der Waals surface area contributed by atoms with E-state index in [0.29, 0.717) is 18.7 Å². The van der Waals surface area contributed by atoms with Crippen LogP contribution in [0.25, 0.3) is 6.08 Å². The minimum absolute atomic E-state index is 0.180. The molecule has 1 nitrogen and oxygen atoms in total. The fraction of sp³-hybridized carbons (Fsp3) is 0.308. The van der Waals surface area contributed by atoms with Crippen LogP contribution in [0.1, 0.15) is 25.3 Å². The first kappa shape index (κ1) is 12.0. The molecule has 0 atom stereocenters.